The standard InChI is InChI=1S/C24H21N5OS/c1-2-18-10-12-21(13-11-18)30-17-22-27-28-24(29(22)16-19-7-4-3-5-8-19)31-23-20(15-25)9-6-14-26-23/h3-14H,2,16-17H2,1H3. The third kappa shape index (κ3) is 5.11. The molecule has 0 fully saturated rings. The average Bonchev–Trinajstić information content (AvgIpc) is 3.20. The lowest BCUT2D eigenvalue weighted by molar-refractivity contribution is 0.289. The molecule has 4 aromatic rings. The molecule has 0 amide bonds. The maximum absolute atomic E-state index is 9.39. The Bertz CT molecular complexity index is 1180. The number of aromatic nitrogens is 4. The van der Waals surface area contributed by atoms with Gasteiger partial charge in [0.1, 0.15) is 23.5 Å². The summed E-state index contributed by atoms with van der Waals surface area (Å²) in [5, 5.41) is 19.4. The summed E-state index contributed by atoms with van der Waals surface area (Å²) in [6.45, 7) is 3.01. The fourth-order valence-corrected chi connectivity index (χ4v) is 3.91. The predicted octanol–water partition coefficient (Wildman–Crippen LogP) is 4.89. The Kier molecular flexibility index (Phi) is 6.60. The van der Waals surface area contributed by atoms with Gasteiger partial charge in [-0.25, -0.2) is 4.98 Å². The van der Waals surface area contributed by atoms with Crippen LogP contribution in [0, 0.1) is 11.3 Å². The fraction of sp³-hybridized carbons (Fsp3) is 0.167. The van der Waals surface area contributed by atoms with Crippen molar-refractivity contribution in [3.63, 3.8) is 0 Å². The van der Waals surface area contributed by atoms with Crippen LogP contribution in [0.15, 0.2) is 83.1 Å². The summed E-state index contributed by atoms with van der Waals surface area (Å²) in [7, 11) is 0. The van der Waals surface area contributed by atoms with E-state index in [1.165, 1.54) is 17.3 Å². The quantitative estimate of drug-likeness (QED) is 0.399. The van der Waals surface area contributed by atoms with Crippen LogP contribution in [-0.4, -0.2) is 19.7 Å². The highest BCUT2D eigenvalue weighted by Crippen LogP contribution is 2.28. The summed E-state index contributed by atoms with van der Waals surface area (Å²) in [6, 6.07) is 23.9. The van der Waals surface area contributed by atoms with Crippen molar-refractivity contribution in [3.8, 4) is 11.8 Å². The topological polar surface area (TPSA) is 76.6 Å². The molecule has 0 saturated carbocycles. The van der Waals surface area contributed by atoms with Gasteiger partial charge in [0.25, 0.3) is 0 Å². The second-order valence-corrected chi connectivity index (χ2v) is 7.78. The van der Waals surface area contributed by atoms with Crippen molar-refractivity contribution in [1.82, 2.24) is 19.7 Å². The van der Waals surface area contributed by atoms with Gasteiger partial charge < -0.3 is 4.74 Å². The number of nitrogens with zero attached hydrogens (tertiary/aromatic N) is 5. The number of hydrogen-bond acceptors (Lipinski definition) is 6. The first-order valence-electron chi connectivity index (χ1n) is 9.97. The monoisotopic (exact) mass is 427 g/mol. The molecule has 6 nitrogen and oxygen atoms in total. The summed E-state index contributed by atoms with van der Waals surface area (Å²) in [6.07, 6.45) is 2.66. The second-order valence-electron chi connectivity index (χ2n) is 6.83. The number of nitriles is 1. The first-order valence-corrected chi connectivity index (χ1v) is 10.8. The highest BCUT2D eigenvalue weighted by atomic mass is 32.2. The predicted molar refractivity (Wildman–Crippen MR) is 119 cm³/mol. The number of hydrogen-bond donors (Lipinski definition) is 0. The molecule has 0 radical (unpaired) electrons. The largest absolute Gasteiger partial charge is 0.486 e. The summed E-state index contributed by atoms with van der Waals surface area (Å²) >= 11 is 1.33. The number of rotatable bonds is 8. The molecule has 0 aliphatic heterocycles. The molecule has 0 saturated heterocycles. The lowest BCUT2D eigenvalue weighted by Crippen LogP contribution is -2.09. The van der Waals surface area contributed by atoms with Crippen LogP contribution in [0.4, 0.5) is 0 Å². The molecule has 2 aromatic heterocycles. The Balaban J connectivity index is 1.60. The Labute approximate surface area is 185 Å². The molecule has 0 unspecified atom stereocenters. The summed E-state index contributed by atoms with van der Waals surface area (Å²) < 4.78 is 7.99. The van der Waals surface area contributed by atoms with E-state index in [9.17, 15) is 5.26 Å². The van der Waals surface area contributed by atoms with E-state index < -0.39 is 0 Å². The van der Waals surface area contributed by atoms with Gasteiger partial charge in [-0.1, -0.05) is 49.4 Å². The van der Waals surface area contributed by atoms with Crippen molar-refractivity contribution in [2.75, 3.05) is 0 Å². The molecule has 0 aliphatic rings. The van der Waals surface area contributed by atoms with Crippen LogP contribution < -0.4 is 4.74 Å². The molecule has 4 rings (SSSR count). The summed E-state index contributed by atoms with van der Waals surface area (Å²) in [4.78, 5) is 4.34. The van der Waals surface area contributed by atoms with Crippen LogP contribution >= 0.6 is 11.8 Å². The smallest absolute Gasteiger partial charge is 0.197 e. The highest BCUT2D eigenvalue weighted by Gasteiger charge is 2.17. The second kappa shape index (κ2) is 9.92. The highest BCUT2D eigenvalue weighted by molar-refractivity contribution is 7.99. The Hall–Kier alpha value is -3.63. The molecule has 0 atom stereocenters. The van der Waals surface area contributed by atoms with Gasteiger partial charge in [-0.3, -0.25) is 4.57 Å². The molecule has 154 valence electrons. The van der Waals surface area contributed by atoms with E-state index in [0.717, 1.165) is 17.7 Å². The van der Waals surface area contributed by atoms with Crippen molar-refractivity contribution >= 4 is 11.8 Å². The van der Waals surface area contributed by atoms with Gasteiger partial charge in [0.2, 0.25) is 0 Å². The molecular weight excluding hydrogens is 406 g/mol. The minimum Gasteiger partial charge on any atom is -0.486 e. The molecule has 2 heterocycles. The zero-order valence-electron chi connectivity index (χ0n) is 17.1. The molecule has 2 aromatic carbocycles. The average molecular weight is 428 g/mol. The Morgan fingerprint density at radius 1 is 0.968 bits per heavy atom. The van der Waals surface area contributed by atoms with Crippen molar-refractivity contribution in [2.24, 2.45) is 0 Å². The number of benzene rings is 2. The number of pyridine rings is 1. The zero-order valence-corrected chi connectivity index (χ0v) is 17.9. The van der Waals surface area contributed by atoms with Gasteiger partial charge >= 0.3 is 0 Å². The van der Waals surface area contributed by atoms with Gasteiger partial charge in [-0.05, 0) is 53.6 Å². The van der Waals surface area contributed by atoms with Crippen LogP contribution in [0.25, 0.3) is 0 Å². The molecule has 0 N–H and O–H groups in total. The van der Waals surface area contributed by atoms with E-state index in [0.29, 0.717) is 34.7 Å². The Morgan fingerprint density at radius 2 is 1.77 bits per heavy atom. The lowest BCUT2D eigenvalue weighted by Gasteiger charge is -2.11. The van der Waals surface area contributed by atoms with E-state index in [1.54, 1.807) is 18.3 Å². The van der Waals surface area contributed by atoms with Gasteiger partial charge in [0.05, 0.1) is 12.1 Å². The molecule has 0 spiro atoms. The van der Waals surface area contributed by atoms with Crippen molar-refractivity contribution in [3.05, 3.63) is 95.4 Å². The maximum atomic E-state index is 9.39. The molecule has 7 heteroatoms. The minimum absolute atomic E-state index is 0.291. The van der Waals surface area contributed by atoms with E-state index in [2.05, 4.69) is 52.4 Å². The van der Waals surface area contributed by atoms with E-state index in [-0.39, 0.29) is 0 Å². The van der Waals surface area contributed by atoms with Gasteiger partial charge in [0, 0.05) is 6.20 Å². The van der Waals surface area contributed by atoms with E-state index in [4.69, 9.17) is 4.74 Å². The SMILES string of the molecule is CCc1ccc(OCc2nnc(Sc3ncccc3C#N)n2Cc2ccccc2)cc1. The molecule has 31 heavy (non-hydrogen) atoms. The third-order valence-electron chi connectivity index (χ3n) is 4.76. The zero-order chi connectivity index (χ0) is 21.5. The number of ether oxygens (including phenoxy) is 1. The van der Waals surface area contributed by atoms with Crippen molar-refractivity contribution in [1.29, 1.82) is 5.26 Å². The van der Waals surface area contributed by atoms with Crippen LogP contribution in [-0.2, 0) is 19.6 Å². The molecular formula is C24H21N5OS. The minimum atomic E-state index is 0.291. The van der Waals surface area contributed by atoms with E-state index >= 15 is 0 Å². The van der Waals surface area contributed by atoms with Crippen LogP contribution in [0.1, 0.15) is 29.4 Å². The van der Waals surface area contributed by atoms with Gasteiger partial charge in [-0.2, -0.15) is 5.26 Å². The Morgan fingerprint density at radius 3 is 2.52 bits per heavy atom. The van der Waals surface area contributed by atoms with Gasteiger partial charge in [-0.15, -0.1) is 10.2 Å². The van der Waals surface area contributed by atoms with Crippen LogP contribution in [0.3, 0.4) is 0 Å². The fourth-order valence-electron chi connectivity index (χ4n) is 3.04. The summed E-state index contributed by atoms with van der Waals surface area (Å²) in [5.41, 5.74) is 2.90. The van der Waals surface area contributed by atoms with Gasteiger partial charge in [0.15, 0.2) is 11.0 Å². The molecule has 0 bridgehead atoms. The van der Waals surface area contributed by atoms with Crippen LogP contribution in [0.2, 0.25) is 0 Å². The van der Waals surface area contributed by atoms with E-state index in [1.807, 2.05) is 34.9 Å². The third-order valence-corrected chi connectivity index (χ3v) is 5.76. The normalized spacial score (nSPS) is 10.6. The summed E-state index contributed by atoms with van der Waals surface area (Å²) in [5.74, 6) is 1.50. The van der Waals surface area contributed by atoms with Crippen LogP contribution in [0.5, 0.6) is 5.75 Å². The first kappa shape index (κ1) is 20.6. The van der Waals surface area contributed by atoms with Crippen molar-refractivity contribution in [2.45, 2.75) is 36.7 Å². The first-order chi connectivity index (χ1) is 15.3. The lowest BCUT2D eigenvalue weighted by atomic mass is 10.2. The maximum Gasteiger partial charge on any atom is 0.197 e. The van der Waals surface area contributed by atoms with Crippen molar-refractivity contribution < 1.29 is 4.74 Å². The number of aryl methyl sites for hydroxylation is 1. The molecule has 0 aliphatic carbocycles.